The summed E-state index contributed by atoms with van der Waals surface area (Å²) in [6.07, 6.45) is 2.32. The van der Waals surface area contributed by atoms with Crippen molar-refractivity contribution < 1.29 is 4.92 Å². The lowest BCUT2D eigenvalue weighted by Crippen LogP contribution is -2.38. The Hall–Kier alpha value is -2.74. The molecule has 8 nitrogen and oxygen atoms in total. The minimum atomic E-state index is -0.396. The third kappa shape index (κ3) is 5.37. The van der Waals surface area contributed by atoms with Gasteiger partial charge in [0.05, 0.1) is 4.92 Å². The number of aryl methyl sites for hydroxylation is 1. The van der Waals surface area contributed by atoms with E-state index in [2.05, 4.69) is 11.8 Å². The Morgan fingerprint density at radius 2 is 1.70 bits per heavy atom. The van der Waals surface area contributed by atoms with E-state index in [0.29, 0.717) is 6.42 Å². The molecule has 1 aromatic carbocycles. The Morgan fingerprint density at radius 1 is 1.04 bits per heavy atom. The number of benzene rings is 1. The minimum Gasteiger partial charge on any atom is -0.303 e. The maximum absolute atomic E-state index is 12.0. The second-order valence-corrected chi connectivity index (χ2v) is 6.59. The summed E-state index contributed by atoms with van der Waals surface area (Å²) in [5.41, 5.74) is 1.33. The number of likely N-dealkylation sites (N-methyl/N-ethyl adjacent to an activating group) is 1. The highest BCUT2D eigenvalue weighted by Gasteiger charge is 2.09. The zero-order valence-electron chi connectivity index (χ0n) is 16.1. The van der Waals surface area contributed by atoms with E-state index >= 15 is 0 Å². The summed E-state index contributed by atoms with van der Waals surface area (Å²) in [5.74, 6) is 0. The molecule has 0 spiro atoms. The summed E-state index contributed by atoms with van der Waals surface area (Å²) in [5, 5.41) is 10.7. The molecular weight excluding hydrogens is 348 g/mol. The van der Waals surface area contributed by atoms with Crippen LogP contribution in [0.4, 0.5) is 5.69 Å². The molecule has 0 amide bonds. The molecule has 0 saturated heterocycles. The molecule has 1 aromatic heterocycles. The van der Waals surface area contributed by atoms with Crippen LogP contribution in [-0.4, -0.2) is 38.6 Å². The molecule has 0 aliphatic carbocycles. The van der Waals surface area contributed by atoms with Crippen molar-refractivity contribution in [3.05, 3.63) is 72.5 Å². The first-order chi connectivity index (χ1) is 12.8. The Labute approximate surface area is 157 Å². The number of hydrogen-bond donors (Lipinski definition) is 0. The fourth-order valence-electron chi connectivity index (χ4n) is 3.00. The molecule has 0 unspecified atom stereocenters. The van der Waals surface area contributed by atoms with Gasteiger partial charge in [0.2, 0.25) is 0 Å². The summed E-state index contributed by atoms with van der Waals surface area (Å²) in [6.45, 7) is 4.68. The van der Waals surface area contributed by atoms with Crippen molar-refractivity contribution >= 4 is 5.69 Å². The van der Waals surface area contributed by atoms with E-state index < -0.39 is 4.92 Å². The summed E-state index contributed by atoms with van der Waals surface area (Å²) in [6, 6.07) is 8.17. The number of non-ortho nitro benzene ring substituents is 1. The van der Waals surface area contributed by atoms with Gasteiger partial charge in [-0.3, -0.25) is 19.5 Å². The predicted molar refractivity (Wildman–Crippen MR) is 104 cm³/mol. The third-order valence-corrected chi connectivity index (χ3v) is 4.84. The van der Waals surface area contributed by atoms with Crippen molar-refractivity contribution in [2.24, 2.45) is 14.1 Å². The van der Waals surface area contributed by atoms with Gasteiger partial charge < -0.3 is 9.47 Å². The van der Waals surface area contributed by atoms with Crippen LogP contribution in [0.15, 0.2) is 39.9 Å². The summed E-state index contributed by atoms with van der Waals surface area (Å²) in [4.78, 5) is 36.3. The van der Waals surface area contributed by atoms with Crippen LogP contribution in [0.2, 0.25) is 0 Å². The lowest BCUT2D eigenvalue weighted by atomic mass is 10.1. The van der Waals surface area contributed by atoms with E-state index in [1.807, 2.05) is 0 Å². The van der Waals surface area contributed by atoms with E-state index in [1.54, 1.807) is 19.2 Å². The zero-order chi connectivity index (χ0) is 20.0. The molecule has 0 bridgehead atoms. The highest BCUT2D eigenvalue weighted by atomic mass is 16.6. The van der Waals surface area contributed by atoms with Gasteiger partial charge in [-0.25, -0.2) is 4.79 Å². The lowest BCUT2D eigenvalue weighted by Gasteiger charge is -2.20. The molecule has 2 rings (SSSR count). The van der Waals surface area contributed by atoms with Gasteiger partial charge in [-0.05, 0) is 37.9 Å². The van der Waals surface area contributed by atoms with E-state index in [4.69, 9.17) is 0 Å². The van der Waals surface area contributed by atoms with Crippen LogP contribution in [0.25, 0.3) is 0 Å². The molecule has 0 fully saturated rings. The molecule has 27 heavy (non-hydrogen) atoms. The Morgan fingerprint density at radius 3 is 2.30 bits per heavy atom. The molecule has 0 atom stereocenters. The number of nitro benzene ring substituents is 1. The van der Waals surface area contributed by atoms with Crippen molar-refractivity contribution in [1.29, 1.82) is 0 Å². The molecule has 0 N–H and O–H groups in total. The molecule has 0 aliphatic heterocycles. The van der Waals surface area contributed by atoms with Crippen LogP contribution in [0.5, 0.6) is 0 Å². The highest BCUT2D eigenvalue weighted by molar-refractivity contribution is 5.32. The maximum atomic E-state index is 12.0. The maximum Gasteiger partial charge on any atom is 0.330 e. The van der Waals surface area contributed by atoms with E-state index in [1.165, 1.54) is 29.8 Å². The van der Waals surface area contributed by atoms with Gasteiger partial charge in [0.15, 0.2) is 0 Å². The minimum absolute atomic E-state index is 0.103. The van der Waals surface area contributed by atoms with Crippen LogP contribution in [0.1, 0.15) is 24.6 Å². The summed E-state index contributed by atoms with van der Waals surface area (Å²) in [7, 11) is 3.16. The molecule has 0 saturated carbocycles. The van der Waals surface area contributed by atoms with Crippen molar-refractivity contribution in [1.82, 2.24) is 14.0 Å². The summed E-state index contributed by atoms with van der Waals surface area (Å²) < 4.78 is 2.63. The lowest BCUT2D eigenvalue weighted by molar-refractivity contribution is -0.384. The fraction of sp³-hybridized carbons (Fsp3) is 0.474. The van der Waals surface area contributed by atoms with Gasteiger partial charge >= 0.3 is 5.69 Å². The quantitative estimate of drug-likeness (QED) is 0.490. The average molecular weight is 374 g/mol. The van der Waals surface area contributed by atoms with Crippen LogP contribution in [0.3, 0.4) is 0 Å². The van der Waals surface area contributed by atoms with Crippen LogP contribution in [-0.2, 0) is 26.9 Å². The largest absolute Gasteiger partial charge is 0.330 e. The van der Waals surface area contributed by atoms with E-state index in [-0.39, 0.29) is 16.9 Å². The molecule has 0 aliphatic rings. The molecule has 0 radical (unpaired) electrons. The average Bonchev–Trinajstić information content (AvgIpc) is 2.66. The fourth-order valence-corrected chi connectivity index (χ4v) is 3.00. The number of nitro groups is 1. The van der Waals surface area contributed by atoms with Gasteiger partial charge in [0.1, 0.15) is 0 Å². The topological polar surface area (TPSA) is 90.4 Å². The predicted octanol–water partition coefficient (Wildman–Crippen LogP) is 1.49. The van der Waals surface area contributed by atoms with Crippen LogP contribution < -0.4 is 11.2 Å². The first-order valence-corrected chi connectivity index (χ1v) is 9.05. The first-order valence-electron chi connectivity index (χ1n) is 9.05. The van der Waals surface area contributed by atoms with Gasteiger partial charge in [-0.1, -0.05) is 19.1 Å². The standard InChI is InChI=1S/C19H26N4O4/c1-4-22(13-11-15-7-9-16(10-8-15)23(26)27)12-5-6-17-14-18(24)21(3)19(25)20(17)2/h7-10,14H,4-6,11-13H2,1-3H3. The smallest absolute Gasteiger partial charge is 0.303 e. The Bertz CT molecular complexity index is 899. The first kappa shape index (κ1) is 20.6. The van der Waals surface area contributed by atoms with Gasteiger partial charge in [-0.15, -0.1) is 0 Å². The SMILES string of the molecule is CCN(CCCc1cc(=O)n(C)c(=O)n1C)CCc1ccc([N+](=O)[O-])cc1. The zero-order valence-corrected chi connectivity index (χ0v) is 16.1. The van der Waals surface area contributed by atoms with Gasteiger partial charge in [0.25, 0.3) is 11.2 Å². The number of aromatic nitrogens is 2. The molecule has 1 heterocycles. The second-order valence-electron chi connectivity index (χ2n) is 6.59. The Kier molecular flexibility index (Phi) is 7.06. The van der Waals surface area contributed by atoms with Crippen molar-refractivity contribution in [3.63, 3.8) is 0 Å². The molecular formula is C19H26N4O4. The van der Waals surface area contributed by atoms with Gasteiger partial charge in [-0.2, -0.15) is 0 Å². The second kappa shape index (κ2) is 9.27. The van der Waals surface area contributed by atoms with Crippen LogP contribution >= 0.6 is 0 Å². The van der Waals surface area contributed by atoms with Crippen molar-refractivity contribution in [2.45, 2.75) is 26.2 Å². The number of rotatable bonds is 9. The Balaban J connectivity index is 1.88. The molecule has 8 heteroatoms. The highest BCUT2D eigenvalue weighted by Crippen LogP contribution is 2.12. The molecule has 146 valence electrons. The number of nitrogens with zero attached hydrogens (tertiary/aromatic N) is 4. The monoisotopic (exact) mass is 374 g/mol. The summed E-state index contributed by atoms with van der Waals surface area (Å²) >= 11 is 0. The third-order valence-electron chi connectivity index (χ3n) is 4.84. The van der Waals surface area contributed by atoms with Crippen molar-refractivity contribution in [2.75, 3.05) is 19.6 Å². The van der Waals surface area contributed by atoms with Gasteiger partial charge in [0, 0.05) is 44.5 Å². The van der Waals surface area contributed by atoms with E-state index in [0.717, 1.165) is 48.3 Å². The number of hydrogen-bond acceptors (Lipinski definition) is 5. The van der Waals surface area contributed by atoms with Crippen LogP contribution in [0, 0.1) is 10.1 Å². The molecule has 2 aromatic rings. The normalized spacial score (nSPS) is 11.1. The van der Waals surface area contributed by atoms with E-state index in [9.17, 15) is 19.7 Å². The van der Waals surface area contributed by atoms with Crippen molar-refractivity contribution in [3.8, 4) is 0 Å².